The standard InChI is InChI=1S/C13H18N2O3/c1-4-6-15-7-9-10(12(15)16)8(3)11(14-9)13(17)18-5-2/h7,14,16H,4-6H2,1-3H3. The fraction of sp³-hybridized carbons (Fsp3) is 0.462. The third-order valence-corrected chi connectivity index (χ3v) is 3.00. The number of esters is 1. The monoisotopic (exact) mass is 250 g/mol. The molecule has 0 bridgehead atoms. The molecule has 2 aromatic heterocycles. The second-order valence-corrected chi connectivity index (χ2v) is 4.28. The fourth-order valence-corrected chi connectivity index (χ4v) is 2.18. The minimum absolute atomic E-state index is 0.205. The number of fused-ring (bicyclic) bond motifs is 1. The zero-order valence-corrected chi connectivity index (χ0v) is 10.9. The van der Waals surface area contributed by atoms with E-state index in [0.29, 0.717) is 17.7 Å². The summed E-state index contributed by atoms with van der Waals surface area (Å²) in [5.74, 6) is -0.177. The van der Waals surface area contributed by atoms with E-state index in [0.717, 1.165) is 24.0 Å². The van der Waals surface area contributed by atoms with Gasteiger partial charge < -0.3 is 19.4 Å². The number of ether oxygens (including phenoxy) is 1. The second-order valence-electron chi connectivity index (χ2n) is 4.28. The number of nitrogens with zero attached hydrogens (tertiary/aromatic N) is 1. The first kappa shape index (κ1) is 12.5. The number of H-pyrrole nitrogens is 1. The Balaban J connectivity index is 2.49. The lowest BCUT2D eigenvalue weighted by molar-refractivity contribution is 0.0520. The van der Waals surface area contributed by atoms with Gasteiger partial charge in [-0.05, 0) is 25.8 Å². The molecule has 18 heavy (non-hydrogen) atoms. The molecule has 0 saturated heterocycles. The highest BCUT2D eigenvalue weighted by atomic mass is 16.5. The van der Waals surface area contributed by atoms with Crippen molar-refractivity contribution in [3.63, 3.8) is 0 Å². The van der Waals surface area contributed by atoms with E-state index in [-0.39, 0.29) is 11.8 Å². The van der Waals surface area contributed by atoms with Crippen LogP contribution in [0.1, 0.15) is 36.3 Å². The van der Waals surface area contributed by atoms with Crippen LogP contribution in [0, 0.1) is 6.92 Å². The number of aryl methyl sites for hydroxylation is 2. The molecule has 0 aliphatic rings. The summed E-state index contributed by atoms with van der Waals surface area (Å²) in [5.41, 5.74) is 1.91. The lowest BCUT2D eigenvalue weighted by Gasteiger charge is -2.03. The van der Waals surface area contributed by atoms with Gasteiger partial charge >= 0.3 is 5.97 Å². The number of carbonyl (C=O) groups is 1. The molecule has 0 amide bonds. The zero-order chi connectivity index (χ0) is 13.3. The molecule has 0 unspecified atom stereocenters. The van der Waals surface area contributed by atoms with E-state index in [1.54, 1.807) is 18.4 Å². The van der Waals surface area contributed by atoms with E-state index in [9.17, 15) is 9.90 Å². The van der Waals surface area contributed by atoms with Crippen molar-refractivity contribution in [3.8, 4) is 5.88 Å². The summed E-state index contributed by atoms with van der Waals surface area (Å²) in [4.78, 5) is 14.7. The van der Waals surface area contributed by atoms with Gasteiger partial charge in [-0.25, -0.2) is 4.79 Å². The molecule has 98 valence electrons. The van der Waals surface area contributed by atoms with Gasteiger partial charge in [-0.15, -0.1) is 0 Å². The average Bonchev–Trinajstić information content (AvgIpc) is 2.80. The number of nitrogens with one attached hydrogen (secondary N) is 1. The van der Waals surface area contributed by atoms with Gasteiger partial charge in [0.2, 0.25) is 5.88 Å². The van der Waals surface area contributed by atoms with E-state index in [2.05, 4.69) is 4.98 Å². The molecular formula is C13H18N2O3. The Kier molecular flexibility index (Phi) is 3.32. The largest absolute Gasteiger partial charge is 0.494 e. The van der Waals surface area contributed by atoms with Gasteiger partial charge in [0, 0.05) is 12.7 Å². The van der Waals surface area contributed by atoms with Crippen LogP contribution in [0.5, 0.6) is 5.88 Å². The molecular weight excluding hydrogens is 232 g/mol. The van der Waals surface area contributed by atoms with Gasteiger partial charge in [0.15, 0.2) is 0 Å². The van der Waals surface area contributed by atoms with Gasteiger partial charge in [0.05, 0.1) is 17.5 Å². The van der Waals surface area contributed by atoms with Crippen LogP contribution in [0.2, 0.25) is 0 Å². The highest BCUT2D eigenvalue weighted by Gasteiger charge is 2.20. The Morgan fingerprint density at radius 3 is 2.78 bits per heavy atom. The maximum atomic E-state index is 11.7. The molecule has 0 aromatic carbocycles. The van der Waals surface area contributed by atoms with Crippen molar-refractivity contribution in [2.75, 3.05) is 6.61 Å². The number of carbonyl (C=O) groups excluding carboxylic acids is 1. The molecule has 2 N–H and O–H groups in total. The van der Waals surface area contributed by atoms with Crippen LogP contribution in [0.15, 0.2) is 6.20 Å². The summed E-state index contributed by atoms with van der Waals surface area (Å²) in [6.07, 6.45) is 2.76. The van der Waals surface area contributed by atoms with Gasteiger partial charge in [-0.2, -0.15) is 0 Å². The van der Waals surface area contributed by atoms with Crippen LogP contribution in [0.4, 0.5) is 0 Å². The van der Waals surface area contributed by atoms with Gasteiger partial charge in [-0.3, -0.25) is 0 Å². The maximum absolute atomic E-state index is 11.7. The molecule has 2 heterocycles. The normalized spacial score (nSPS) is 11.1. The molecule has 0 saturated carbocycles. The van der Waals surface area contributed by atoms with Gasteiger partial charge in [0.1, 0.15) is 5.69 Å². The first-order valence-electron chi connectivity index (χ1n) is 6.17. The molecule has 0 spiro atoms. The van der Waals surface area contributed by atoms with Crippen LogP contribution >= 0.6 is 0 Å². The predicted molar refractivity (Wildman–Crippen MR) is 68.9 cm³/mol. The van der Waals surface area contributed by atoms with Gasteiger partial charge in [0.25, 0.3) is 0 Å². The number of aromatic nitrogens is 2. The molecule has 5 heteroatoms. The Labute approximate surface area is 105 Å². The number of rotatable bonds is 4. The predicted octanol–water partition coefficient (Wildman–Crippen LogP) is 2.57. The van der Waals surface area contributed by atoms with Crippen molar-refractivity contribution in [2.45, 2.75) is 33.7 Å². The molecule has 0 atom stereocenters. The van der Waals surface area contributed by atoms with Crippen molar-refractivity contribution in [1.82, 2.24) is 9.55 Å². The van der Waals surface area contributed by atoms with Crippen molar-refractivity contribution in [2.24, 2.45) is 0 Å². The van der Waals surface area contributed by atoms with E-state index < -0.39 is 0 Å². The summed E-state index contributed by atoms with van der Waals surface area (Å²) in [7, 11) is 0. The van der Waals surface area contributed by atoms with Crippen molar-refractivity contribution < 1.29 is 14.6 Å². The maximum Gasteiger partial charge on any atom is 0.355 e. The van der Waals surface area contributed by atoms with Crippen LogP contribution in [0.3, 0.4) is 0 Å². The Bertz CT molecular complexity index is 581. The molecule has 0 aliphatic heterocycles. The lowest BCUT2D eigenvalue weighted by atomic mass is 10.2. The van der Waals surface area contributed by atoms with Crippen molar-refractivity contribution >= 4 is 16.9 Å². The highest BCUT2D eigenvalue weighted by Crippen LogP contribution is 2.32. The smallest absolute Gasteiger partial charge is 0.355 e. The third-order valence-electron chi connectivity index (χ3n) is 3.00. The van der Waals surface area contributed by atoms with Crippen LogP contribution in [-0.4, -0.2) is 27.2 Å². The zero-order valence-electron chi connectivity index (χ0n) is 10.9. The van der Waals surface area contributed by atoms with Gasteiger partial charge in [-0.1, -0.05) is 6.92 Å². The summed E-state index contributed by atoms with van der Waals surface area (Å²) >= 11 is 0. The van der Waals surface area contributed by atoms with Crippen molar-refractivity contribution in [3.05, 3.63) is 17.5 Å². The summed E-state index contributed by atoms with van der Waals surface area (Å²) in [6.45, 7) is 6.71. The van der Waals surface area contributed by atoms with Crippen molar-refractivity contribution in [1.29, 1.82) is 0 Å². The topological polar surface area (TPSA) is 67.2 Å². The Morgan fingerprint density at radius 2 is 2.22 bits per heavy atom. The first-order chi connectivity index (χ1) is 8.60. The number of hydrogen-bond donors (Lipinski definition) is 2. The SMILES string of the molecule is CCCn1cc2[nH]c(C(=O)OCC)c(C)c2c1O. The quantitative estimate of drug-likeness (QED) is 0.819. The molecule has 0 fully saturated rings. The second kappa shape index (κ2) is 4.76. The van der Waals surface area contributed by atoms with E-state index in [1.807, 2.05) is 13.1 Å². The lowest BCUT2D eigenvalue weighted by Crippen LogP contribution is -2.06. The van der Waals surface area contributed by atoms with E-state index in [1.165, 1.54) is 0 Å². The minimum Gasteiger partial charge on any atom is -0.494 e. The minimum atomic E-state index is -0.382. The molecule has 2 aromatic rings. The van der Waals surface area contributed by atoms with E-state index >= 15 is 0 Å². The summed E-state index contributed by atoms with van der Waals surface area (Å²) in [6, 6.07) is 0. The highest BCUT2D eigenvalue weighted by molar-refractivity contribution is 6.00. The Morgan fingerprint density at radius 1 is 1.50 bits per heavy atom. The third kappa shape index (κ3) is 1.85. The fourth-order valence-electron chi connectivity index (χ4n) is 2.18. The number of aromatic hydroxyl groups is 1. The molecule has 0 radical (unpaired) electrons. The molecule has 2 rings (SSSR count). The summed E-state index contributed by atoms with van der Waals surface area (Å²) in [5, 5.41) is 10.8. The van der Waals surface area contributed by atoms with E-state index in [4.69, 9.17) is 4.74 Å². The average molecular weight is 250 g/mol. The number of hydrogen-bond acceptors (Lipinski definition) is 3. The number of aromatic amines is 1. The Hall–Kier alpha value is -1.91. The summed E-state index contributed by atoms with van der Waals surface area (Å²) < 4.78 is 6.75. The van der Waals surface area contributed by atoms with Crippen LogP contribution < -0.4 is 0 Å². The molecule has 0 aliphatic carbocycles. The van der Waals surface area contributed by atoms with Crippen LogP contribution in [-0.2, 0) is 11.3 Å². The molecule has 5 nitrogen and oxygen atoms in total. The first-order valence-corrected chi connectivity index (χ1v) is 6.17. The van der Waals surface area contributed by atoms with Crippen LogP contribution in [0.25, 0.3) is 10.9 Å².